The maximum Gasteiger partial charge on any atom is 0.338 e. The van der Waals surface area contributed by atoms with Gasteiger partial charge in [-0.25, -0.2) is 17.5 Å². The van der Waals surface area contributed by atoms with E-state index in [1.165, 1.54) is 32.3 Å². The third-order valence-corrected chi connectivity index (χ3v) is 6.05. The number of nitrogens with zero attached hydrogens (tertiary/aromatic N) is 2. The van der Waals surface area contributed by atoms with Crippen molar-refractivity contribution in [3.8, 4) is 5.69 Å². The maximum atomic E-state index is 12.2. The molecule has 3 aromatic rings. The SMILES string of the molecule is CN(C)S(=O)(=O)c1cccc(NC(=O)COC(=O)c2ccc(-n3cccc3)cc2)c1. The minimum Gasteiger partial charge on any atom is -0.452 e. The molecule has 30 heavy (non-hydrogen) atoms. The molecule has 0 aliphatic heterocycles. The Morgan fingerprint density at radius 1 is 1.00 bits per heavy atom. The molecule has 0 spiro atoms. The second-order valence-electron chi connectivity index (χ2n) is 6.58. The van der Waals surface area contributed by atoms with Crippen LogP contribution < -0.4 is 5.32 Å². The molecule has 9 heteroatoms. The van der Waals surface area contributed by atoms with Crippen molar-refractivity contribution in [2.24, 2.45) is 0 Å². The molecular weight excluding hydrogens is 406 g/mol. The van der Waals surface area contributed by atoms with E-state index in [9.17, 15) is 18.0 Å². The predicted octanol–water partition coefficient (Wildman–Crippen LogP) is 2.52. The number of carbonyl (C=O) groups excluding carboxylic acids is 2. The number of amides is 1. The number of hydrogen-bond donors (Lipinski definition) is 1. The van der Waals surface area contributed by atoms with Crippen molar-refractivity contribution < 1.29 is 22.7 Å². The lowest BCUT2D eigenvalue weighted by Gasteiger charge is -2.12. The first-order valence-electron chi connectivity index (χ1n) is 9.00. The molecule has 0 saturated carbocycles. The summed E-state index contributed by atoms with van der Waals surface area (Å²) < 4.78 is 32.4. The van der Waals surface area contributed by atoms with Crippen LogP contribution in [-0.2, 0) is 19.6 Å². The zero-order valence-electron chi connectivity index (χ0n) is 16.5. The van der Waals surface area contributed by atoms with E-state index in [1.807, 2.05) is 29.1 Å². The summed E-state index contributed by atoms with van der Waals surface area (Å²) in [5.41, 5.74) is 1.50. The lowest BCUT2D eigenvalue weighted by molar-refractivity contribution is -0.119. The Bertz CT molecular complexity index is 1140. The second-order valence-corrected chi connectivity index (χ2v) is 8.73. The molecule has 1 N–H and O–H groups in total. The first kappa shape index (κ1) is 21.3. The molecule has 1 amide bonds. The van der Waals surface area contributed by atoms with Crippen LogP contribution in [-0.4, -0.2) is 49.9 Å². The molecule has 0 unspecified atom stereocenters. The summed E-state index contributed by atoms with van der Waals surface area (Å²) in [5, 5.41) is 2.53. The molecule has 2 aromatic carbocycles. The molecule has 0 bridgehead atoms. The second kappa shape index (κ2) is 8.93. The Kier molecular flexibility index (Phi) is 6.34. The fraction of sp³-hybridized carbons (Fsp3) is 0.143. The summed E-state index contributed by atoms with van der Waals surface area (Å²) in [6, 6.07) is 16.4. The number of esters is 1. The van der Waals surface area contributed by atoms with Crippen LogP contribution in [0.15, 0.2) is 78.0 Å². The third kappa shape index (κ3) is 4.94. The van der Waals surface area contributed by atoms with Crippen LogP contribution in [0.3, 0.4) is 0 Å². The van der Waals surface area contributed by atoms with Gasteiger partial charge in [0.05, 0.1) is 10.5 Å². The van der Waals surface area contributed by atoms with E-state index in [0.29, 0.717) is 5.56 Å². The van der Waals surface area contributed by atoms with Gasteiger partial charge in [-0.1, -0.05) is 6.07 Å². The van der Waals surface area contributed by atoms with E-state index >= 15 is 0 Å². The highest BCUT2D eigenvalue weighted by molar-refractivity contribution is 7.89. The number of aromatic nitrogens is 1. The van der Waals surface area contributed by atoms with Crippen LogP contribution in [0, 0.1) is 0 Å². The first-order chi connectivity index (χ1) is 14.3. The molecule has 0 aliphatic carbocycles. The van der Waals surface area contributed by atoms with Gasteiger partial charge in [0.25, 0.3) is 5.91 Å². The van der Waals surface area contributed by atoms with Crippen molar-refractivity contribution in [2.75, 3.05) is 26.0 Å². The van der Waals surface area contributed by atoms with Crippen molar-refractivity contribution in [2.45, 2.75) is 4.90 Å². The summed E-state index contributed by atoms with van der Waals surface area (Å²) in [5.74, 6) is -1.21. The van der Waals surface area contributed by atoms with Gasteiger partial charge < -0.3 is 14.6 Å². The number of carbonyl (C=O) groups is 2. The maximum absolute atomic E-state index is 12.2. The monoisotopic (exact) mass is 427 g/mol. The Labute approximate surface area is 174 Å². The molecular formula is C21H21N3O5S. The van der Waals surface area contributed by atoms with Gasteiger partial charge in [0.15, 0.2) is 6.61 Å². The van der Waals surface area contributed by atoms with Gasteiger partial charge in [-0.05, 0) is 54.6 Å². The van der Waals surface area contributed by atoms with E-state index in [2.05, 4.69) is 5.32 Å². The topological polar surface area (TPSA) is 97.7 Å². The quantitative estimate of drug-likeness (QED) is 0.585. The van der Waals surface area contributed by atoms with Crippen molar-refractivity contribution in [1.29, 1.82) is 0 Å². The van der Waals surface area contributed by atoms with Gasteiger partial charge in [-0.3, -0.25) is 4.79 Å². The zero-order chi connectivity index (χ0) is 21.7. The summed E-state index contributed by atoms with van der Waals surface area (Å²) in [6.45, 7) is -0.497. The number of benzene rings is 2. The van der Waals surface area contributed by atoms with E-state index in [4.69, 9.17) is 4.74 Å². The van der Waals surface area contributed by atoms with Crippen LogP contribution in [0.5, 0.6) is 0 Å². The van der Waals surface area contributed by atoms with Gasteiger partial charge >= 0.3 is 5.97 Å². The number of rotatable bonds is 7. The van der Waals surface area contributed by atoms with Crippen LogP contribution in [0.4, 0.5) is 5.69 Å². The standard InChI is InChI=1S/C21H21N3O5S/c1-23(2)30(27,28)19-7-5-6-17(14-19)22-20(25)15-29-21(26)16-8-10-18(11-9-16)24-12-3-4-13-24/h3-14H,15H2,1-2H3,(H,22,25). The number of anilines is 1. The average Bonchev–Trinajstić information content (AvgIpc) is 3.27. The minimum absolute atomic E-state index is 0.0464. The molecule has 0 radical (unpaired) electrons. The Morgan fingerprint density at radius 2 is 1.67 bits per heavy atom. The molecule has 3 rings (SSSR count). The number of ether oxygens (including phenoxy) is 1. The Morgan fingerprint density at radius 3 is 2.30 bits per heavy atom. The van der Waals surface area contributed by atoms with Gasteiger partial charge in [-0.2, -0.15) is 0 Å². The average molecular weight is 427 g/mol. The van der Waals surface area contributed by atoms with Crippen LogP contribution in [0.25, 0.3) is 5.69 Å². The van der Waals surface area contributed by atoms with Gasteiger partial charge in [0, 0.05) is 37.9 Å². The molecule has 0 fully saturated rings. The summed E-state index contributed by atoms with van der Waals surface area (Å²) in [6.07, 6.45) is 3.77. The fourth-order valence-electron chi connectivity index (χ4n) is 2.63. The van der Waals surface area contributed by atoms with Gasteiger partial charge in [-0.15, -0.1) is 0 Å². The van der Waals surface area contributed by atoms with E-state index in [-0.39, 0.29) is 10.6 Å². The highest BCUT2D eigenvalue weighted by atomic mass is 32.2. The minimum atomic E-state index is -3.62. The van der Waals surface area contributed by atoms with E-state index in [1.54, 1.807) is 30.3 Å². The zero-order valence-corrected chi connectivity index (χ0v) is 17.3. The van der Waals surface area contributed by atoms with Gasteiger partial charge in [0.1, 0.15) is 0 Å². The van der Waals surface area contributed by atoms with Crippen LogP contribution >= 0.6 is 0 Å². The lowest BCUT2D eigenvalue weighted by atomic mass is 10.2. The third-order valence-electron chi connectivity index (χ3n) is 4.24. The molecule has 156 valence electrons. The summed E-state index contributed by atoms with van der Waals surface area (Å²) in [4.78, 5) is 24.3. The smallest absolute Gasteiger partial charge is 0.338 e. The molecule has 8 nitrogen and oxygen atoms in total. The van der Waals surface area contributed by atoms with Crippen molar-refractivity contribution in [1.82, 2.24) is 8.87 Å². The van der Waals surface area contributed by atoms with Gasteiger partial charge in [0.2, 0.25) is 10.0 Å². The Hall–Kier alpha value is -3.43. The van der Waals surface area contributed by atoms with Crippen LogP contribution in [0.1, 0.15) is 10.4 Å². The lowest BCUT2D eigenvalue weighted by Crippen LogP contribution is -2.23. The van der Waals surface area contributed by atoms with E-state index < -0.39 is 28.5 Å². The molecule has 0 atom stereocenters. The first-order valence-corrected chi connectivity index (χ1v) is 10.4. The molecule has 0 saturated heterocycles. The van der Waals surface area contributed by atoms with E-state index in [0.717, 1.165) is 9.99 Å². The van der Waals surface area contributed by atoms with Crippen molar-refractivity contribution >= 4 is 27.6 Å². The predicted molar refractivity (Wildman–Crippen MR) is 112 cm³/mol. The highest BCUT2D eigenvalue weighted by Gasteiger charge is 2.18. The number of nitrogens with one attached hydrogen (secondary N) is 1. The highest BCUT2D eigenvalue weighted by Crippen LogP contribution is 2.18. The molecule has 1 aromatic heterocycles. The summed E-state index contributed by atoms with van der Waals surface area (Å²) in [7, 11) is -0.778. The number of hydrogen-bond acceptors (Lipinski definition) is 5. The Balaban J connectivity index is 1.58. The molecule has 1 heterocycles. The largest absolute Gasteiger partial charge is 0.452 e. The summed E-state index contributed by atoms with van der Waals surface area (Å²) >= 11 is 0. The van der Waals surface area contributed by atoms with Crippen molar-refractivity contribution in [3.63, 3.8) is 0 Å². The van der Waals surface area contributed by atoms with Crippen LogP contribution in [0.2, 0.25) is 0 Å². The molecule has 0 aliphatic rings. The normalized spacial score (nSPS) is 11.3. The fourth-order valence-corrected chi connectivity index (χ4v) is 3.58. The van der Waals surface area contributed by atoms with Crippen molar-refractivity contribution in [3.05, 3.63) is 78.6 Å². The number of sulfonamides is 1.